The standard InChI is InChI=1S/C15H11F6NO/c16-14(17,18)12-6-10(7-13(22-12)15(19,20)21)11(8-23)9-4-2-1-3-5-9/h1-7,11,23H,8H2/t11-/m0/s1. The van der Waals surface area contributed by atoms with Crippen LogP contribution in [0.25, 0.3) is 0 Å². The number of benzene rings is 1. The quantitative estimate of drug-likeness (QED) is 0.851. The molecule has 0 unspecified atom stereocenters. The molecular weight excluding hydrogens is 324 g/mol. The van der Waals surface area contributed by atoms with Crippen molar-refractivity contribution in [3.63, 3.8) is 0 Å². The van der Waals surface area contributed by atoms with Crippen LogP contribution >= 0.6 is 0 Å². The molecule has 2 nitrogen and oxygen atoms in total. The number of aromatic nitrogens is 1. The van der Waals surface area contributed by atoms with E-state index >= 15 is 0 Å². The summed E-state index contributed by atoms with van der Waals surface area (Å²) in [7, 11) is 0. The van der Waals surface area contributed by atoms with Crippen molar-refractivity contribution in [2.24, 2.45) is 0 Å². The number of aliphatic hydroxyl groups excluding tert-OH is 1. The van der Waals surface area contributed by atoms with Gasteiger partial charge in [-0.3, -0.25) is 0 Å². The zero-order valence-corrected chi connectivity index (χ0v) is 11.5. The van der Waals surface area contributed by atoms with Crippen LogP contribution in [0, 0.1) is 0 Å². The van der Waals surface area contributed by atoms with Crippen molar-refractivity contribution in [1.82, 2.24) is 4.98 Å². The van der Waals surface area contributed by atoms with Gasteiger partial charge in [0.15, 0.2) is 0 Å². The predicted molar refractivity (Wildman–Crippen MR) is 69.6 cm³/mol. The molecule has 0 amide bonds. The topological polar surface area (TPSA) is 33.1 Å². The highest BCUT2D eigenvalue weighted by Crippen LogP contribution is 2.36. The molecule has 8 heteroatoms. The summed E-state index contributed by atoms with van der Waals surface area (Å²) >= 11 is 0. The number of hydrogen-bond donors (Lipinski definition) is 1. The number of hydrogen-bond acceptors (Lipinski definition) is 2. The van der Waals surface area contributed by atoms with Gasteiger partial charge in [-0.05, 0) is 23.3 Å². The van der Waals surface area contributed by atoms with E-state index in [0.717, 1.165) is 0 Å². The summed E-state index contributed by atoms with van der Waals surface area (Å²) in [6.07, 6.45) is -10.0. The average molecular weight is 335 g/mol. The number of rotatable bonds is 3. The van der Waals surface area contributed by atoms with Gasteiger partial charge >= 0.3 is 12.4 Å². The number of nitrogens with zero attached hydrogens (tertiary/aromatic N) is 1. The molecule has 0 bridgehead atoms. The van der Waals surface area contributed by atoms with Crippen LogP contribution in [0.4, 0.5) is 26.3 Å². The molecule has 0 aliphatic heterocycles. The van der Waals surface area contributed by atoms with Gasteiger partial charge in [-0.2, -0.15) is 26.3 Å². The molecular formula is C15H11F6NO. The minimum absolute atomic E-state index is 0.298. The Hall–Kier alpha value is -2.09. The maximum Gasteiger partial charge on any atom is 0.433 e. The van der Waals surface area contributed by atoms with Crippen molar-refractivity contribution >= 4 is 0 Å². The Morgan fingerprint density at radius 2 is 1.30 bits per heavy atom. The second-order valence-corrected chi connectivity index (χ2v) is 4.81. The summed E-state index contributed by atoms with van der Waals surface area (Å²) in [4.78, 5) is 2.65. The van der Waals surface area contributed by atoms with E-state index in [9.17, 15) is 31.4 Å². The van der Waals surface area contributed by atoms with Gasteiger partial charge in [0.25, 0.3) is 0 Å². The van der Waals surface area contributed by atoms with E-state index in [-0.39, 0.29) is 5.56 Å². The van der Waals surface area contributed by atoms with Gasteiger partial charge in [0.2, 0.25) is 0 Å². The first-order valence-corrected chi connectivity index (χ1v) is 6.45. The molecule has 1 atom stereocenters. The maximum absolute atomic E-state index is 12.8. The molecule has 1 aromatic carbocycles. The lowest BCUT2D eigenvalue weighted by Crippen LogP contribution is -2.17. The van der Waals surface area contributed by atoms with Crippen molar-refractivity contribution in [3.8, 4) is 0 Å². The molecule has 0 spiro atoms. The Labute approximate surface area is 127 Å². The van der Waals surface area contributed by atoms with Crippen molar-refractivity contribution in [1.29, 1.82) is 0 Å². The van der Waals surface area contributed by atoms with Gasteiger partial charge in [0, 0.05) is 5.92 Å². The van der Waals surface area contributed by atoms with E-state index in [1.165, 1.54) is 12.1 Å². The second kappa shape index (κ2) is 6.19. The van der Waals surface area contributed by atoms with Crippen LogP contribution in [0.2, 0.25) is 0 Å². The molecule has 0 fully saturated rings. The van der Waals surface area contributed by atoms with Gasteiger partial charge in [0.1, 0.15) is 11.4 Å². The molecule has 0 aliphatic carbocycles. The van der Waals surface area contributed by atoms with Crippen LogP contribution in [0.1, 0.15) is 28.4 Å². The predicted octanol–water partition coefficient (Wildman–Crippen LogP) is 4.24. The summed E-state index contributed by atoms with van der Waals surface area (Å²) < 4.78 is 76.9. The average Bonchev–Trinajstić information content (AvgIpc) is 2.47. The monoisotopic (exact) mass is 335 g/mol. The fourth-order valence-corrected chi connectivity index (χ4v) is 2.13. The van der Waals surface area contributed by atoms with Gasteiger partial charge in [-0.15, -0.1) is 0 Å². The van der Waals surface area contributed by atoms with E-state index in [1.54, 1.807) is 18.2 Å². The largest absolute Gasteiger partial charge is 0.433 e. The fraction of sp³-hybridized carbons (Fsp3) is 0.267. The van der Waals surface area contributed by atoms with Gasteiger partial charge < -0.3 is 5.11 Å². The number of halogens is 6. The highest BCUT2D eigenvalue weighted by atomic mass is 19.4. The maximum atomic E-state index is 12.8. The van der Waals surface area contributed by atoms with E-state index in [2.05, 4.69) is 4.98 Å². The van der Waals surface area contributed by atoms with Crippen LogP contribution in [0.5, 0.6) is 0 Å². The molecule has 0 radical (unpaired) electrons. The molecule has 0 saturated carbocycles. The van der Waals surface area contributed by atoms with Crippen molar-refractivity contribution < 1.29 is 31.4 Å². The minimum Gasteiger partial charge on any atom is -0.395 e. The van der Waals surface area contributed by atoms with Gasteiger partial charge in [0.05, 0.1) is 6.61 Å². The number of alkyl halides is 6. The third kappa shape index (κ3) is 4.01. The van der Waals surface area contributed by atoms with E-state index in [1.807, 2.05) is 0 Å². The molecule has 23 heavy (non-hydrogen) atoms. The first-order valence-electron chi connectivity index (χ1n) is 6.45. The second-order valence-electron chi connectivity index (χ2n) is 4.81. The first kappa shape index (κ1) is 17.3. The fourth-order valence-electron chi connectivity index (χ4n) is 2.13. The van der Waals surface area contributed by atoms with Crippen LogP contribution < -0.4 is 0 Å². The SMILES string of the molecule is OC[C@@H](c1ccccc1)c1cc(C(F)(F)F)nc(C(F)(F)F)c1. The Balaban J connectivity index is 2.61. The molecule has 0 saturated heterocycles. The summed E-state index contributed by atoms with van der Waals surface area (Å²) in [5.74, 6) is -1.01. The molecule has 2 aromatic rings. The Morgan fingerprint density at radius 3 is 1.70 bits per heavy atom. The van der Waals surface area contributed by atoms with Crippen LogP contribution in [-0.4, -0.2) is 16.7 Å². The Bertz CT molecular complexity index is 634. The molecule has 124 valence electrons. The summed E-state index contributed by atoms with van der Waals surface area (Å²) in [5.41, 5.74) is -3.18. The van der Waals surface area contributed by atoms with Crippen LogP contribution in [0.3, 0.4) is 0 Å². The molecule has 1 heterocycles. The molecule has 0 aliphatic rings. The zero-order chi connectivity index (χ0) is 17.3. The van der Waals surface area contributed by atoms with Gasteiger partial charge in [-0.1, -0.05) is 30.3 Å². The third-order valence-electron chi connectivity index (χ3n) is 3.22. The number of pyridine rings is 1. The normalized spacial score (nSPS) is 13.9. The van der Waals surface area contributed by atoms with Crippen molar-refractivity contribution in [2.75, 3.05) is 6.61 Å². The highest BCUT2D eigenvalue weighted by Gasteiger charge is 2.39. The van der Waals surface area contributed by atoms with E-state index < -0.39 is 36.3 Å². The zero-order valence-electron chi connectivity index (χ0n) is 11.5. The lowest BCUT2D eigenvalue weighted by Gasteiger charge is -2.19. The van der Waals surface area contributed by atoms with E-state index in [0.29, 0.717) is 17.7 Å². The smallest absolute Gasteiger partial charge is 0.395 e. The third-order valence-corrected chi connectivity index (χ3v) is 3.22. The summed E-state index contributed by atoms with van der Waals surface area (Å²) in [6.45, 7) is -0.636. The number of aliphatic hydroxyl groups is 1. The first-order chi connectivity index (χ1) is 10.6. The molecule has 1 aromatic heterocycles. The summed E-state index contributed by atoms with van der Waals surface area (Å²) in [6, 6.07) is 8.89. The molecule has 2 rings (SSSR count). The Morgan fingerprint density at radius 1 is 0.826 bits per heavy atom. The summed E-state index contributed by atoms with van der Waals surface area (Å²) in [5, 5.41) is 9.44. The minimum atomic E-state index is -5.02. The van der Waals surface area contributed by atoms with Crippen molar-refractivity contribution in [3.05, 3.63) is 65.0 Å². The Kier molecular flexibility index (Phi) is 4.65. The van der Waals surface area contributed by atoms with Gasteiger partial charge in [-0.25, -0.2) is 4.98 Å². The van der Waals surface area contributed by atoms with Crippen LogP contribution in [0.15, 0.2) is 42.5 Å². The lowest BCUT2D eigenvalue weighted by atomic mass is 9.91. The lowest BCUT2D eigenvalue weighted by molar-refractivity contribution is -0.150. The van der Waals surface area contributed by atoms with Crippen LogP contribution in [-0.2, 0) is 12.4 Å². The van der Waals surface area contributed by atoms with Crippen molar-refractivity contribution in [2.45, 2.75) is 18.3 Å². The highest BCUT2D eigenvalue weighted by molar-refractivity contribution is 5.35. The van der Waals surface area contributed by atoms with E-state index in [4.69, 9.17) is 0 Å². The molecule has 1 N–H and O–H groups in total.